The van der Waals surface area contributed by atoms with E-state index < -0.39 is 0 Å². The minimum absolute atomic E-state index is 0.000492. The van der Waals surface area contributed by atoms with E-state index in [-0.39, 0.29) is 24.2 Å². The predicted molar refractivity (Wildman–Crippen MR) is 114 cm³/mol. The van der Waals surface area contributed by atoms with Crippen LogP contribution in [-0.2, 0) is 11.2 Å². The van der Waals surface area contributed by atoms with Gasteiger partial charge < -0.3 is 9.64 Å². The number of pyridine rings is 1. The van der Waals surface area contributed by atoms with Gasteiger partial charge in [-0.2, -0.15) is 0 Å². The Bertz CT molecular complexity index is 993. The molecule has 30 heavy (non-hydrogen) atoms. The lowest BCUT2D eigenvalue weighted by atomic mass is 9.94. The Morgan fingerprint density at radius 3 is 2.73 bits per heavy atom. The molecule has 3 aromatic rings. The average molecular weight is 404 g/mol. The molecular formula is C25H25FN2O2. The van der Waals surface area contributed by atoms with E-state index in [1.807, 2.05) is 59.5 Å². The van der Waals surface area contributed by atoms with Crippen LogP contribution in [0.15, 0.2) is 72.8 Å². The number of nitrogens with zero attached hydrogens (tertiary/aromatic N) is 2. The maximum Gasteiger partial charge on any atom is 0.260 e. The highest BCUT2D eigenvalue weighted by atomic mass is 19.1. The van der Waals surface area contributed by atoms with Crippen LogP contribution in [0.5, 0.6) is 5.75 Å². The van der Waals surface area contributed by atoms with E-state index in [1.54, 1.807) is 12.1 Å². The molecule has 0 aliphatic carbocycles. The molecule has 4 nitrogen and oxygen atoms in total. The van der Waals surface area contributed by atoms with Crippen molar-refractivity contribution in [1.29, 1.82) is 0 Å². The molecule has 0 saturated carbocycles. The summed E-state index contributed by atoms with van der Waals surface area (Å²) in [5.74, 6) is 0.667. The molecule has 5 heteroatoms. The number of carbonyl (C=O) groups excluding carboxylic acids is 1. The lowest BCUT2D eigenvalue weighted by Gasteiger charge is -2.32. The number of halogens is 1. The molecule has 4 rings (SSSR count). The standard InChI is InChI=1S/C25H25FN2O2/c26-21-9-4-7-19(15-21)16-22-10-5-13-24(27-22)20-8-6-14-28(17-20)25(29)18-30-23-11-2-1-3-12-23/h1-5,7,9-13,15,20H,6,8,14,16-18H2/t20-/m1/s1. The maximum atomic E-state index is 13.5. The van der Waals surface area contributed by atoms with E-state index in [4.69, 9.17) is 9.72 Å². The number of piperidine rings is 1. The second kappa shape index (κ2) is 9.53. The summed E-state index contributed by atoms with van der Waals surface area (Å²) in [5, 5.41) is 0. The van der Waals surface area contributed by atoms with Crippen molar-refractivity contribution in [2.45, 2.75) is 25.2 Å². The summed E-state index contributed by atoms with van der Waals surface area (Å²) in [6, 6.07) is 22.0. The third-order valence-electron chi connectivity index (χ3n) is 5.40. The fourth-order valence-corrected chi connectivity index (χ4v) is 3.88. The molecule has 1 aliphatic heterocycles. The number of hydrogen-bond donors (Lipinski definition) is 0. The second-order valence-electron chi connectivity index (χ2n) is 7.64. The van der Waals surface area contributed by atoms with Crippen LogP contribution >= 0.6 is 0 Å². The first-order valence-corrected chi connectivity index (χ1v) is 10.3. The zero-order chi connectivity index (χ0) is 20.8. The van der Waals surface area contributed by atoms with Crippen molar-refractivity contribution < 1.29 is 13.9 Å². The number of likely N-dealkylation sites (tertiary alicyclic amines) is 1. The number of ether oxygens (including phenoxy) is 1. The minimum atomic E-state index is -0.234. The van der Waals surface area contributed by atoms with E-state index in [2.05, 4.69) is 0 Å². The van der Waals surface area contributed by atoms with Crippen LogP contribution in [0, 0.1) is 5.82 Å². The molecule has 0 bridgehead atoms. The van der Waals surface area contributed by atoms with Gasteiger partial charge in [0, 0.05) is 36.8 Å². The highest BCUT2D eigenvalue weighted by molar-refractivity contribution is 5.78. The molecular weight excluding hydrogens is 379 g/mol. The number of amides is 1. The van der Waals surface area contributed by atoms with Crippen molar-refractivity contribution in [1.82, 2.24) is 9.88 Å². The Hall–Kier alpha value is -3.21. The van der Waals surface area contributed by atoms with Crippen LogP contribution in [0.1, 0.15) is 35.7 Å². The molecule has 1 atom stereocenters. The zero-order valence-electron chi connectivity index (χ0n) is 16.8. The zero-order valence-corrected chi connectivity index (χ0v) is 16.8. The molecule has 0 radical (unpaired) electrons. The molecule has 2 heterocycles. The number of aromatic nitrogens is 1. The van der Waals surface area contributed by atoms with Gasteiger partial charge >= 0.3 is 0 Å². The van der Waals surface area contributed by atoms with Gasteiger partial charge in [0.15, 0.2) is 6.61 Å². The van der Waals surface area contributed by atoms with E-state index >= 15 is 0 Å². The van der Waals surface area contributed by atoms with Crippen LogP contribution in [0.25, 0.3) is 0 Å². The Kier molecular flexibility index (Phi) is 6.38. The summed E-state index contributed by atoms with van der Waals surface area (Å²) in [5.41, 5.74) is 2.80. The number of rotatable bonds is 6. The topological polar surface area (TPSA) is 42.4 Å². The van der Waals surface area contributed by atoms with Crippen LogP contribution in [0.2, 0.25) is 0 Å². The Morgan fingerprint density at radius 2 is 1.90 bits per heavy atom. The van der Waals surface area contributed by atoms with Crippen molar-refractivity contribution in [2.24, 2.45) is 0 Å². The Balaban J connectivity index is 1.38. The fraction of sp³-hybridized carbons (Fsp3) is 0.280. The smallest absolute Gasteiger partial charge is 0.260 e. The van der Waals surface area contributed by atoms with Crippen molar-refractivity contribution in [3.63, 3.8) is 0 Å². The quantitative estimate of drug-likeness (QED) is 0.603. The number of hydrogen-bond acceptors (Lipinski definition) is 3. The highest BCUT2D eigenvalue weighted by Gasteiger charge is 2.26. The summed E-state index contributed by atoms with van der Waals surface area (Å²) < 4.78 is 19.1. The first kappa shape index (κ1) is 20.1. The van der Waals surface area contributed by atoms with E-state index in [9.17, 15) is 9.18 Å². The normalized spacial score (nSPS) is 16.3. The van der Waals surface area contributed by atoms with Crippen LogP contribution in [-0.4, -0.2) is 35.5 Å². The monoisotopic (exact) mass is 404 g/mol. The second-order valence-corrected chi connectivity index (χ2v) is 7.64. The van der Waals surface area contributed by atoms with Crippen molar-refractivity contribution >= 4 is 5.91 Å². The largest absolute Gasteiger partial charge is 0.484 e. The molecule has 1 aliphatic rings. The van der Waals surface area contributed by atoms with Gasteiger partial charge in [0.1, 0.15) is 11.6 Å². The fourth-order valence-electron chi connectivity index (χ4n) is 3.88. The highest BCUT2D eigenvalue weighted by Crippen LogP contribution is 2.26. The van der Waals surface area contributed by atoms with E-state index in [1.165, 1.54) is 6.07 Å². The first-order chi connectivity index (χ1) is 14.7. The van der Waals surface area contributed by atoms with Gasteiger partial charge in [-0.3, -0.25) is 9.78 Å². The summed E-state index contributed by atoms with van der Waals surface area (Å²) >= 11 is 0. The van der Waals surface area contributed by atoms with E-state index in [0.29, 0.717) is 18.7 Å². The third-order valence-corrected chi connectivity index (χ3v) is 5.40. The van der Waals surface area contributed by atoms with Gasteiger partial charge in [0.05, 0.1) is 0 Å². The van der Waals surface area contributed by atoms with Crippen molar-refractivity contribution in [3.05, 3.63) is 95.6 Å². The van der Waals surface area contributed by atoms with Gasteiger partial charge in [-0.1, -0.05) is 36.4 Å². The molecule has 0 unspecified atom stereocenters. The molecule has 0 N–H and O–H groups in total. The number of carbonyl (C=O) groups is 1. The molecule has 2 aromatic carbocycles. The van der Waals surface area contributed by atoms with Gasteiger partial charge in [0.25, 0.3) is 5.91 Å². The molecule has 0 spiro atoms. The summed E-state index contributed by atoms with van der Waals surface area (Å²) in [6.07, 6.45) is 2.53. The summed E-state index contributed by atoms with van der Waals surface area (Å²) in [7, 11) is 0. The van der Waals surface area contributed by atoms with Gasteiger partial charge in [0.2, 0.25) is 0 Å². The molecule has 1 aromatic heterocycles. The van der Waals surface area contributed by atoms with Crippen LogP contribution in [0.4, 0.5) is 4.39 Å². The van der Waals surface area contributed by atoms with Gasteiger partial charge in [-0.25, -0.2) is 4.39 Å². The SMILES string of the molecule is O=C(COc1ccccc1)N1CCC[C@@H](c2cccc(Cc3cccc(F)c3)n2)C1. The number of para-hydroxylation sites is 1. The maximum absolute atomic E-state index is 13.5. The lowest BCUT2D eigenvalue weighted by molar-refractivity contribution is -0.134. The van der Waals surface area contributed by atoms with Crippen molar-refractivity contribution in [3.8, 4) is 5.75 Å². The van der Waals surface area contributed by atoms with Crippen LogP contribution in [0.3, 0.4) is 0 Å². The van der Waals surface area contributed by atoms with Gasteiger partial charge in [-0.15, -0.1) is 0 Å². The Morgan fingerprint density at radius 1 is 1.07 bits per heavy atom. The van der Waals surface area contributed by atoms with Crippen LogP contribution < -0.4 is 4.74 Å². The van der Waals surface area contributed by atoms with Crippen molar-refractivity contribution in [2.75, 3.05) is 19.7 Å². The molecule has 154 valence electrons. The molecule has 1 fully saturated rings. The summed E-state index contributed by atoms with van der Waals surface area (Å²) in [6.45, 7) is 1.44. The molecule has 1 saturated heterocycles. The molecule has 1 amide bonds. The average Bonchev–Trinajstić information content (AvgIpc) is 2.78. The lowest BCUT2D eigenvalue weighted by Crippen LogP contribution is -2.41. The minimum Gasteiger partial charge on any atom is -0.484 e. The Labute approximate surface area is 176 Å². The van der Waals surface area contributed by atoms with Gasteiger partial charge in [-0.05, 0) is 54.8 Å². The van der Waals surface area contributed by atoms with E-state index in [0.717, 1.165) is 36.3 Å². The number of benzene rings is 2. The summed E-state index contributed by atoms with van der Waals surface area (Å²) in [4.78, 5) is 19.3. The first-order valence-electron chi connectivity index (χ1n) is 10.3. The third kappa shape index (κ3) is 5.23. The predicted octanol–water partition coefficient (Wildman–Crippen LogP) is 4.60.